The molecule has 0 unspecified atom stereocenters. The summed E-state index contributed by atoms with van der Waals surface area (Å²) in [7, 11) is 0. The van der Waals surface area contributed by atoms with E-state index in [1.54, 1.807) is 18.4 Å². The Bertz CT molecular complexity index is 266. The van der Waals surface area contributed by atoms with Gasteiger partial charge < -0.3 is 4.74 Å². The molecule has 13 heavy (non-hydrogen) atoms. The molecule has 0 saturated heterocycles. The lowest BCUT2D eigenvalue weighted by Crippen LogP contribution is -2.03. The van der Waals surface area contributed by atoms with Crippen molar-refractivity contribution in [1.82, 2.24) is 0 Å². The molecule has 70 valence electrons. The Balaban J connectivity index is 4.73. The van der Waals surface area contributed by atoms with Crippen molar-refractivity contribution in [2.75, 3.05) is 0 Å². The van der Waals surface area contributed by atoms with E-state index in [1.807, 2.05) is 32.9 Å². The number of allylic oxidation sites excluding steroid dienone is 4. The summed E-state index contributed by atoms with van der Waals surface area (Å²) >= 11 is 0. The molecule has 0 N–H and O–H groups in total. The van der Waals surface area contributed by atoms with Crippen LogP contribution in [0.1, 0.15) is 20.8 Å². The predicted molar refractivity (Wildman–Crippen MR) is 53.6 cm³/mol. The molecule has 0 heterocycles. The molecule has 0 aromatic carbocycles. The number of nitrogens with zero attached hydrogens (tertiary/aromatic N) is 1. The number of nitriles is 1. The Morgan fingerprint density at radius 1 is 1.54 bits per heavy atom. The van der Waals surface area contributed by atoms with Crippen molar-refractivity contribution in [1.29, 1.82) is 5.26 Å². The maximum absolute atomic E-state index is 8.36. The maximum Gasteiger partial charge on any atom is 0.292 e. The van der Waals surface area contributed by atoms with E-state index in [1.165, 1.54) is 0 Å². The first kappa shape index (κ1) is 11.5. The summed E-state index contributed by atoms with van der Waals surface area (Å²) in [5, 5.41) is 8.36. The largest absolute Gasteiger partial charge is 0.388 e. The zero-order chi connectivity index (χ0) is 10.3. The first-order chi connectivity index (χ1) is 6.05. The third kappa shape index (κ3) is 4.86. The van der Waals surface area contributed by atoms with E-state index in [0.29, 0.717) is 5.76 Å². The lowest BCUT2D eigenvalue weighted by atomic mass is 9.93. The second kappa shape index (κ2) is 5.21. The molecule has 0 spiro atoms. The summed E-state index contributed by atoms with van der Waals surface area (Å²) in [5.74, 6) is 0.551. The van der Waals surface area contributed by atoms with Crippen molar-refractivity contribution in [3.8, 4) is 6.26 Å². The SMILES string of the molecule is C=CC(C)(C)/C=C(\C=C/C)OC#N. The molecular formula is C11H15NO. The fraction of sp³-hybridized carbons (Fsp3) is 0.364. The van der Waals surface area contributed by atoms with E-state index in [-0.39, 0.29) is 5.41 Å². The van der Waals surface area contributed by atoms with E-state index in [9.17, 15) is 0 Å². The second-order valence-corrected chi connectivity index (χ2v) is 3.27. The summed E-state index contributed by atoms with van der Waals surface area (Å²) in [4.78, 5) is 0. The number of hydrogen-bond acceptors (Lipinski definition) is 2. The van der Waals surface area contributed by atoms with Gasteiger partial charge in [-0.3, -0.25) is 0 Å². The van der Waals surface area contributed by atoms with Crippen LogP contribution in [-0.4, -0.2) is 0 Å². The van der Waals surface area contributed by atoms with Gasteiger partial charge in [-0.05, 0) is 19.1 Å². The van der Waals surface area contributed by atoms with Crippen LogP contribution in [-0.2, 0) is 4.74 Å². The van der Waals surface area contributed by atoms with Crippen molar-refractivity contribution in [2.45, 2.75) is 20.8 Å². The Hall–Kier alpha value is -1.49. The Morgan fingerprint density at radius 3 is 2.54 bits per heavy atom. The first-order valence-corrected chi connectivity index (χ1v) is 4.11. The van der Waals surface area contributed by atoms with Crippen LogP contribution in [0.4, 0.5) is 0 Å². The molecule has 0 fully saturated rings. The molecule has 0 aliphatic heterocycles. The normalized spacial score (nSPS) is 12.6. The van der Waals surface area contributed by atoms with Crippen molar-refractivity contribution in [2.24, 2.45) is 5.41 Å². The summed E-state index contributed by atoms with van der Waals surface area (Å²) in [5.41, 5.74) is -0.161. The molecular weight excluding hydrogens is 162 g/mol. The predicted octanol–water partition coefficient (Wildman–Crippen LogP) is 3.16. The fourth-order valence-corrected chi connectivity index (χ4v) is 0.754. The molecule has 0 saturated carbocycles. The van der Waals surface area contributed by atoms with Gasteiger partial charge in [0.1, 0.15) is 5.76 Å². The number of rotatable bonds is 4. The van der Waals surface area contributed by atoms with E-state index in [4.69, 9.17) is 10.00 Å². The lowest BCUT2D eigenvalue weighted by molar-refractivity contribution is 0.382. The van der Waals surface area contributed by atoms with Gasteiger partial charge in [0.05, 0.1) is 0 Å². The van der Waals surface area contributed by atoms with Gasteiger partial charge in [0, 0.05) is 5.41 Å². The Labute approximate surface area is 79.8 Å². The molecule has 0 amide bonds. The first-order valence-electron chi connectivity index (χ1n) is 4.11. The van der Waals surface area contributed by atoms with Gasteiger partial charge in [0.25, 0.3) is 6.26 Å². The third-order valence-corrected chi connectivity index (χ3v) is 1.53. The van der Waals surface area contributed by atoms with Crippen LogP contribution in [0, 0.1) is 16.9 Å². The second-order valence-electron chi connectivity index (χ2n) is 3.27. The van der Waals surface area contributed by atoms with Crippen molar-refractivity contribution in [3.63, 3.8) is 0 Å². The van der Waals surface area contributed by atoms with E-state index >= 15 is 0 Å². The highest BCUT2D eigenvalue weighted by Crippen LogP contribution is 2.21. The van der Waals surface area contributed by atoms with Crippen LogP contribution in [0.2, 0.25) is 0 Å². The minimum atomic E-state index is -0.161. The standard InChI is InChI=1S/C11H15NO/c1-5-7-10(13-9-12)8-11(3,4)6-2/h5-8H,2H2,1,3-4H3/b7-5-,10-8+. The molecule has 0 aliphatic carbocycles. The van der Waals surface area contributed by atoms with Crippen LogP contribution < -0.4 is 0 Å². The van der Waals surface area contributed by atoms with Gasteiger partial charge >= 0.3 is 0 Å². The van der Waals surface area contributed by atoms with Crippen LogP contribution >= 0.6 is 0 Å². The average molecular weight is 177 g/mol. The van der Waals surface area contributed by atoms with Gasteiger partial charge in [-0.1, -0.05) is 26.0 Å². The summed E-state index contributed by atoms with van der Waals surface area (Å²) in [6, 6.07) is 0. The van der Waals surface area contributed by atoms with Crippen molar-refractivity contribution in [3.05, 3.63) is 36.6 Å². The summed E-state index contributed by atoms with van der Waals surface area (Å²) in [6.07, 6.45) is 8.86. The molecule has 0 aliphatic rings. The van der Waals surface area contributed by atoms with E-state index in [2.05, 4.69) is 6.58 Å². The minimum absolute atomic E-state index is 0.161. The third-order valence-electron chi connectivity index (χ3n) is 1.53. The number of hydrogen-bond donors (Lipinski definition) is 0. The molecule has 0 aromatic heterocycles. The molecule has 0 bridgehead atoms. The smallest absolute Gasteiger partial charge is 0.292 e. The molecule has 0 rings (SSSR count). The Kier molecular flexibility index (Phi) is 4.61. The Morgan fingerprint density at radius 2 is 2.15 bits per heavy atom. The van der Waals surface area contributed by atoms with Crippen LogP contribution in [0.3, 0.4) is 0 Å². The molecule has 2 nitrogen and oxygen atoms in total. The maximum atomic E-state index is 8.36. The highest BCUT2D eigenvalue weighted by atomic mass is 16.5. The van der Waals surface area contributed by atoms with Crippen LogP contribution in [0.25, 0.3) is 0 Å². The van der Waals surface area contributed by atoms with E-state index in [0.717, 1.165) is 0 Å². The summed E-state index contributed by atoms with van der Waals surface area (Å²) in [6.45, 7) is 9.55. The van der Waals surface area contributed by atoms with Crippen LogP contribution in [0.5, 0.6) is 0 Å². The van der Waals surface area contributed by atoms with Gasteiger partial charge in [-0.15, -0.1) is 11.8 Å². The zero-order valence-corrected chi connectivity index (χ0v) is 8.37. The quantitative estimate of drug-likeness (QED) is 0.286. The highest BCUT2D eigenvalue weighted by Gasteiger charge is 2.10. The van der Waals surface area contributed by atoms with Gasteiger partial charge in [-0.25, -0.2) is 0 Å². The highest BCUT2D eigenvalue weighted by molar-refractivity contribution is 5.18. The van der Waals surface area contributed by atoms with Gasteiger partial charge in [0.2, 0.25) is 0 Å². The average Bonchev–Trinajstić information content (AvgIpc) is 2.05. The van der Waals surface area contributed by atoms with Gasteiger partial charge in [0.15, 0.2) is 0 Å². The zero-order valence-electron chi connectivity index (χ0n) is 8.37. The number of ether oxygens (including phenoxy) is 1. The van der Waals surface area contributed by atoms with E-state index < -0.39 is 0 Å². The summed E-state index contributed by atoms with van der Waals surface area (Å²) < 4.78 is 4.75. The molecule has 0 aromatic rings. The van der Waals surface area contributed by atoms with Crippen molar-refractivity contribution >= 4 is 0 Å². The van der Waals surface area contributed by atoms with Gasteiger partial charge in [-0.2, -0.15) is 0 Å². The molecule has 2 heteroatoms. The fourth-order valence-electron chi connectivity index (χ4n) is 0.754. The topological polar surface area (TPSA) is 33.0 Å². The minimum Gasteiger partial charge on any atom is -0.388 e. The molecule has 0 atom stereocenters. The lowest BCUT2D eigenvalue weighted by Gasteiger charge is -2.14. The monoisotopic (exact) mass is 177 g/mol. The van der Waals surface area contributed by atoms with Crippen molar-refractivity contribution < 1.29 is 4.74 Å². The molecule has 0 radical (unpaired) electrons. The van der Waals surface area contributed by atoms with Crippen LogP contribution in [0.15, 0.2) is 36.6 Å².